The number of nitrogens with zero attached hydrogens (tertiary/aromatic N) is 2. The first-order valence-electron chi connectivity index (χ1n) is 4.78. The van der Waals surface area contributed by atoms with Crippen molar-refractivity contribution in [1.29, 1.82) is 0 Å². The van der Waals surface area contributed by atoms with Crippen LogP contribution in [0.1, 0.15) is 11.3 Å². The maximum Gasteiger partial charge on any atom is 0.140 e. The van der Waals surface area contributed by atoms with Gasteiger partial charge < -0.3 is 5.73 Å². The van der Waals surface area contributed by atoms with E-state index in [0.717, 1.165) is 25.5 Å². The lowest BCUT2D eigenvalue weighted by Gasteiger charge is -2.05. The predicted molar refractivity (Wildman–Crippen MR) is 75.2 cm³/mol. The lowest BCUT2D eigenvalue weighted by molar-refractivity contribution is 0.871. The Labute approximate surface area is 113 Å². The average Bonchev–Trinajstić information content (AvgIpc) is 2.50. The predicted octanol–water partition coefficient (Wildman–Crippen LogP) is 3.33. The van der Waals surface area contributed by atoms with Crippen molar-refractivity contribution in [2.24, 2.45) is 0 Å². The van der Waals surface area contributed by atoms with E-state index in [2.05, 4.69) is 27.7 Å². The maximum absolute atomic E-state index is 6.08. The topological polar surface area (TPSA) is 43.8 Å². The fourth-order valence-electron chi connectivity index (χ4n) is 1.44. The summed E-state index contributed by atoms with van der Waals surface area (Å²) in [5.74, 6) is 0.651. The molecular weight excluding hydrogens is 336 g/mol. The number of benzene rings is 1. The molecule has 0 unspecified atom stereocenters. The van der Waals surface area contributed by atoms with Gasteiger partial charge in [-0.1, -0.05) is 17.7 Å². The quantitative estimate of drug-likeness (QED) is 0.804. The van der Waals surface area contributed by atoms with Crippen LogP contribution in [-0.2, 0) is 0 Å². The molecule has 16 heavy (non-hydrogen) atoms. The summed E-state index contributed by atoms with van der Waals surface area (Å²) in [4.78, 5) is 0. The SMILES string of the molecule is Cc1ccc(-n2nc(C)c(I)c2N)cc1Cl. The lowest BCUT2D eigenvalue weighted by Crippen LogP contribution is -2.02. The minimum atomic E-state index is 0.651. The Morgan fingerprint density at radius 1 is 1.38 bits per heavy atom. The first-order valence-corrected chi connectivity index (χ1v) is 6.23. The van der Waals surface area contributed by atoms with Crippen LogP contribution in [0.15, 0.2) is 18.2 Å². The molecule has 0 saturated carbocycles. The third kappa shape index (κ3) is 1.91. The second-order valence-corrected chi connectivity index (χ2v) is 5.12. The molecule has 0 aliphatic rings. The molecule has 0 amide bonds. The van der Waals surface area contributed by atoms with Gasteiger partial charge in [0.15, 0.2) is 0 Å². The molecule has 1 heterocycles. The van der Waals surface area contributed by atoms with Gasteiger partial charge in [-0.2, -0.15) is 5.10 Å². The first kappa shape index (κ1) is 11.7. The fraction of sp³-hybridized carbons (Fsp3) is 0.182. The van der Waals surface area contributed by atoms with Crippen molar-refractivity contribution in [3.05, 3.63) is 38.0 Å². The van der Waals surface area contributed by atoms with Crippen molar-refractivity contribution in [2.45, 2.75) is 13.8 Å². The van der Waals surface area contributed by atoms with Crippen molar-refractivity contribution in [1.82, 2.24) is 9.78 Å². The van der Waals surface area contributed by atoms with E-state index < -0.39 is 0 Å². The Hall–Kier alpha value is -0.750. The monoisotopic (exact) mass is 347 g/mol. The van der Waals surface area contributed by atoms with Gasteiger partial charge in [0, 0.05) is 5.02 Å². The van der Waals surface area contributed by atoms with Gasteiger partial charge in [-0.3, -0.25) is 0 Å². The molecule has 1 aromatic heterocycles. The van der Waals surface area contributed by atoms with Gasteiger partial charge in [-0.05, 0) is 54.1 Å². The van der Waals surface area contributed by atoms with E-state index in [0.29, 0.717) is 5.82 Å². The summed E-state index contributed by atoms with van der Waals surface area (Å²) in [6.07, 6.45) is 0. The average molecular weight is 348 g/mol. The van der Waals surface area contributed by atoms with E-state index in [1.807, 2.05) is 32.0 Å². The molecule has 0 radical (unpaired) electrons. The van der Waals surface area contributed by atoms with Crippen LogP contribution in [0, 0.1) is 17.4 Å². The zero-order chi connectivity index (χ0) is 11.9. The Balaban J connectivity index is 2.59. The molecule has 0 saturated heterocycles. The number of aromatic nitrogens is 2. The van der Waals surface area contributed by atoms with Crippen LogP contribution in [0.25, 0.3) is 5.69 Å². The molecule has 0 spiro atoms. The molecule has 0 bridgehead atoms. The van der Waals surface area contributed by atoms with E-state index >= 15 is 0 Å². The molecule has 0 atom stereocenters. The number of aryl methyl sites for hydroxylation is 2. The number of nitrogen functional groups attached to an aromatic ring is 1. The molecule has 2 N–H and O–H groups in total. The van der Waals surface area contributed by atoms with E-state index in [-0.39, 0.29) is 0 Å². The van der Waals surface area contributed by atoms with Crippen LogP contribution in [0.3, 0.4) is 0 Å². The molecule has 0 aliphatic heterocycles. The molecule has 0 fully saturated rings. The molecule has 3 nitrogen and oxygen atoms in total. The Morgan fingerprint density at radius 3 is 2.56 bits per heavy atom. The van der Waals surface area contributed by atoms with E-state index in [9.17, 15) is 0 Å². The van der Waals surface area contributed by atoms with Crippen molar-refractivity contribution in [2.75, 3.05) is 5.73 Å². The molecular formula is C11H11ClIN3. The highest BCUT2D eigenvalue weighted by Crippen LogP contribution is 2.25. The molecule has 2 rings (SSSR count). The zero-order valence-corrected chi connectivity index (χ0v) is 11.9. The van der Waals surface area contributed by atoms with Gasteiger partial charge in [0.1, 0.15) is 5.82 Å². The third-order valence-electron chi connectivity index (χ3n) is 2.42. The van der Waals surface area contributed by atoms with Crippen LogP contribution >= 0.6 is 34.2 Å². The summed E-state index contributed by atoms with van der Waals surface area (Å²) >= 11 is 8.27. The van der Waals surface area contributed by atoms with Gasteiger partial charge in [-0.15, -0.1) is 0 Å². The van der Waals surface area contributed by atoms with Crippen molar-refractivity contribution < 1.29 is 0 Å². The smallest absolute Gasteiger partial charge is 0.140 e. The number of hydrogen-bond donors (Lipinski definition) is 1. The van der Waals surface area contributed by atoms with Gasteiger partial charge in [0.05, 0.1) is 15.0 Å². The third-order valence-corrected chi connectivity index (χ3v) is 4.16. The number of halogens is 2. The lowest BCUT2D eigenvalue weighted by atomic mass is 10.2. The van der Waals surface area contributed by atoms with Gasteiger partial charge in [0.2, 0.25) is 0 Å². The summed E-state index contributed by atoms with van der Waals surface area (Å²) < 4.78 is 2.69. The van der Waals surface area contributed by atoms with E-state index in [1.165, 1.54) is 0 Å². The summed E-state index contributed by atoms with van der Waals surface area (Å²) in [5.41, 5.74) is 8.83. The standard InChI is InChI=1S/C11H11ClIN3/c1-6-3-4-8(5-9(6)12)16-11(14)10(13)7(2)15-16/h3-5H,14H2,1-2H3. The van der Waals surface area contributed by atoms with Crippen LogP contribution in [0.4, 0.5) is 5.82 Å². The minimum Gasteiger partial charge on any atom is -0.383 e. The number of rotatable bonds is 1. The largest absolute Gasteiger partial charge is 0.383 e. The van der Waals surface area contributed by atoms with Gasteiger partial charge >= 0.3 is 0 Å². The van der Waals surface area contributed by atoms with Crippen LogP contribution in [0.5, 0.6) is 0 Å². The van der Waals surface area contributed by atoms with Crippen LogP contribution < -0.4 is 5.73 Å². The summed E-state index contributed by atoms with van der Waals surface area (Å²) in [5, 5.41) is 5.10. The van der Waals surface area contributed by atoms with Crippen molar-refractivity contribution in [3.63, 3.8) is 0 Å². The minimum absolute atomic E-state index is 0.651. The first-order chi connectivity index (χ1) is 7.50. The molecule has 2 aromatic rings. The Kier molecular flexibility index (Phi) is 3.12. The summed E-state index contributed by atoms with van der Waals surface area (Å²) in [6.45, 7) is 3.90. The molecule has 0 aliphatic carbocycles. The number of anilines is 1. The van der Waals surface area contributed by atoms with Crippen LogP contribution in [0.2, 0.25) is 5.02 Å². The van der Waals surface area contributed by atoms with Gasteiger partial charge in [0.25, 0.3) is 0 Å². The molecule has 84 valence electrons. The number of nitrogens with two attached hydrogens (primary N) is 1. The Morgan fingerprint density at radius 2 is 2.06 bits per heavy atom. The number of hydrogen-bond acceptors (Lipinski definition) is 2. The second-order valence-electron chi connectivity index (χ2n) is 3.63. The van der Waals surface area contributed by atoms with E-state index in [1.54, 1.807) is 4.68 Å². The summed E-state index contributed by atoms with van der Waals surface area (Å²) in [7, 11) is 0. The fourth-order valence-corrected chi connectivity index (χ4v) is 1.95. The second kappa shape index (κ2) is 4.25. The highest BCUT2D eigenvalue weighted by molar-refractivity contribution is 14.1. The highest BCUT2D eigenvalue weighted by Gasteiger charge is 2.11. The molecule has 1 aromatic carbocycles. The van der Waals surface area contributed by atoms with Gasteiger partial charge in [-0.25, -0.2) is 4.68 Å². The summed E-state index contributed by atoms with van der Waals surface area (Å²) in [6, 6.07) is 5.79. The highest BCUT2D eigenvalue weighted by atomic mass is 127. The van der Waals surface area contributed by atoms with Crippen LogP contribution in [-0.4, -0.2) is 9.78 Å². The maximum atomic E-state index is 6.08. The van der Waals surface area contributed by atoms with Crippen molar-refractivity contribution in [3.8, 4) is 5.69 Å². The normalized spacial score (nSPS) is 10.8. The molecule has 5 heteroatoms. The Bertz CT molecular complexity index is 548. The van der Waals surface area contributed by atoms with E-state index in [4.69, 9.17) is 17.3 Å². The van der Waals surface area contributed by atoms with Crippen molar-refractivity contribution >= 4 is 40.0 Å². The zero-order valence-electron chi connectivity index (χ0n) is 8.96.